The standard InChI is InChI=1S/C18H23NO3S/c1-14(22-17(20)8-7-16-10-12-23-13-16)18(21)19-11-9-15-5-3-2-4-6-15/h5,7-8,10,12-14H,2-4,6,9,11H2,1H3,(H,19,21)/b8-7+/t14-/m1/s1. The van der Waals surface area contributed by atoms with Crippen LogP contribution < -0.4 is 5.32 Å². The molecule has 0 bridgehead atoms. The first-order chi connectivity index (χ1) is 11.1. The van der Waals surface area contributed by atoms with Gasteiger partial charge in [0, 0.05) is 12.6 Å². The van der Waals surface area contributed by atoms with Crippen LogP contribution in [-0.2, 0) is 14.3 Å². The molecule has 4 nitrogen and oxygen atoms in total. The second-order valence-electron chi connectivity index (χ2n) is 5.62. The number of esters is 1. The number of allylic oxidation sites excluding steroid dienone is 1. The molecule has 1 atom stereocenters. The monoisotopic (exact) mass is 333 g/mol. The minimum Gasteiger partial charge on any atom is -0.449 e. The second kappa shape index (κ2) is 9.30. The Kier molecular flexibility index (Phi) is 7.07. The van der Waals surface area contributed by atoms with E-state index in [4.69, 9.17) is 4.74 Å². The topological polar surface area (TPSA) is 55.4 Å². The molecule has 1 aliphatic rings. The number of ether oxygens (including phenoxy) is 1. The Morgan fingerprint density at radius 3 is 3.00 bits per heavy atom. The first kappa shape index (κ1) is 17.5. The molecule has 0 spiro atoms. The number of amides is 1. The first-order valence-corrected chi connectivity index (χ1v) is 8.96. The molecule has 2 rings (SSSR count). The molecule has 0 aliphatic heterocycles. The van der Waals surface area contributed by atoms with E-state index in [9.17, 15) is 9.59 Å². The van der Waals surface area contributed by atoms with Gasteiger partial charge in [-0.2, -0.15) is 11.3 Å². The van der Waals surface area contributed by atoms with Gasteiger partial charge in [0.25, 0.3) is 5.91 Å². The fourth-order valence-corrected chi connectivity index (χ4v) is 3.05. The number of nitrogens with one attached hydrogen (secondary N) is 1. The zero-order chi connectivity index (χ0) is 16.5. The Bertz CT molecular complexity index is 575. The molecule has 1 aromatic heterocycles. The van der Waals surface area contributed by atoms with Crippen molar-refractivity contribution < 1.29 is 14.3 Å². The Balaban J connectivity index is 1.67. The lowest BCUT2D eigenvalue weighted by molar-refractivity contribution is -0.150. The van der Waals surface area contributed by atoms with Gasteiger partial charge < -0.3 is 10.1 Å². The Labute approximate surface area is 141 Å². The zero-order valence-corrected chi connectivity index (χ0v) is 14.2. The number of hydrogen-bond donors (Lipinski definition) is 1. The van der Waals surface area contributed by atoms with E-state index in [1.54, 1.807) is 24.3 Å². The van der Waals surface area contributed by atoms with Gasteiger partial charge in [0.2, 0.25) is 0 Å². The number of carbonyl (C=O) groups is 2. The van der Waals surface area contributed by atoms with Gasteiger partial charge in [-0.1, -0.05) is 11.6 Å². The van der Waals surface area contributed by atoms with Crippen molar-refractivity contribution in [3.05, 3.63) is 40.1 Å². The normalized spacial score (nSPS) is 16.0. The van der Waals surface area contributed by atoms with Crippen LogP contribution in [0.25, 0.3) is 6.08 Å². The van der Waals surface area contributed by atoms with Crippen molar-refractivity contribution in [3.63, 3.8) is 0 Å². The molecule has 1 aliphatic carbocycles. The minimum atomic E-state index is -0.782. The highest BCUT2D eigenvalue weighted by atomic mass is 32.1. The maximum atomic E-state index is 11.9. The summed E-state index contributed by atoms with van der Waals surface area (Å²) in [7, 11) is 0. The van der Waals surface area contributed by atoms with Gasteiger partial charge in [0.15, 0.2) is 6.10 Å². The van der Waals surface area contributed by atoms with Crippen molar-refractivity contribution in [2.45, 2.75) is 45.1 Å². The highest BCUT2D eigenvalue weighted by Crippen LogP contribution is 2.19. The second-order valence-corrected chi connectivity index (χ2v) is 6.40. The van der Waals surface area contributed by atoms with E-state index in [0.29, 0.717) is 6.54 Å². The highest BCUT2D eigenvalue weighted by molar-refractivity contribution is 7.08. The Morgan fingerprint density at radius 2 is 2.30 bits per heavy atom. The number of carbonyl (C=O) groups excluding carboxylic acids is 2. The third kappa shape index (κ3) is 6.40. The van der Waals surface area contributed by atoms with Gasteiger partial charge in [0.05, 0.1) is 0 Å². The predicted molar refractivity (Wildman–Crippen MR) is 93.1 cm³/mol. The van der Waals surface area contributed by atoms with Gasteiger partial charge in [-0.15, -0.1) is 0 Å². The molecule has 0 unspecified atom stereocenters. The maximum absolute atomic E-state index is 11.9. The summed E-state index contributed by atoms with van der Waals surface area (Å²) >= 11 is 1.56. The maximum Gasteiger partial charge on any atom is 0.331 e. The van der Waals surface area contributed by atoms with E-state index >= 15 is 0 Å². The number of thiophene rings is 1. The summed E-state index contributed by atoms with van der Waals surface area (Å²) in [6, 6.07) is 1.91. The summed E-state index contributed by atoms with van der Waals surface area (Å²) in [5.41, 5.74) is 2.37. The van der Waals surface area contributed by atoms with Crippen molar-refractivity contribution in [1.29, 1.82) is 0 Å². The smallest absolute Gasteiger partial charge is 0.331 e. The zero-order valence-electron chi connectivity index (χ0n) is 13.4. The quantitative estimate of drug-likeness (QED) is 0.470. The molecular weight excluding hydrogens is 310 g/mol. The van der Waals surface area contributed by atoms with Crippen LogP contribution in [0.2, 0.25) is 0 Å². The first-order valence-electron chi connectivity index (χ1n) is 8.01. The lowest BCUT2D eigenvalue weighted by Gasteiger charge is -2.15. The molecule has 0 radical (unpaired) electrons. The van der Waals surface area contributed by atoms with E-state index in [-0.39, 0.29) is 5.91 Å². The fourth-order valence-electron chi connectivity index (χ4n) is 2.42. The van der Waals surface area contributed by atoms with E-state index in [1.165, 1.54) is 24.5 Å². The van der Waals surface area contributed by atoms with Crippen LogP contribution in [0.3, 0.4) is 0 Å². The third-order valence-corrected chi connectivity index (χ3v) is 4.45. The van der Waals surface area contributed by atoms with E-state index in [2.05, 4.69) is 11.4 Å². The average Bonchev–Trinajstić information content (AvgIpc) is 3.07. The highest BCUT2D eigenvalue weighted by Gasteiger charge is 2.16. The molecule has 0 fully saturated rings. The molecule has 0 saturated carbocycles. The predicted octanol–water partition coefficient (Wildman–Crippen LogP) is 3.70. The van der Waals surface area contributed by atoms with Crippen LogP contribution >= 0.6 is 11.3 Å². The molecule has 23 heavy (non-hydrogen) atoms. The number of rotatable bonds is 7. The molecule has 1 amide bonds. The van der Waals surface area contributed by atoms with Gasteiger partial charge in [-0.25, -0.2) is 4.79 Å². The summed E-state index contributed by atoms with van der Waals surface area (Å²) < 4.78 is 5.10. The van der Waals surface area contributed by atoms with Gasteiger partial charge in [-0.3, -0.25) is 4.79 Å². The van der Waals surface area contributed by atoms with Gasteiger partial charge in [0.1, 0.15) is 0 Å². The molecular formula is C18H23NO3S. The van der Waals surface area contributed by atoms with E-state index in [0.717, 1.165) is 24.8 Å². The molecule has 0 aromatic carbocycles. The summed E-state index contributed by atoms with van der Waals surface area (Å²) in [6.45, 7) is 2.18. The minimum absolute atomic E-state index is 0.251. The summed E-state index contributed by atoms with van der Waals surface area (Å²) in [5, 5.41) is 6.69. The molecule has 5 heteroatoms. The number of hydrogen-bond acceptors (Lipinski definition) is 4. The molecule has 0 saturated heterocycles. The van der Waals surface area contributed by atoms with Crippen molar-refractivity contribution >= 4 is 29.3 Å². The third-order valence-electron chi connectivity index (χ3n) is 3.75. The van der Waals surface area contributed by atoms with Crippen molar-refractivity contribution in [2.24, 2.45) is 0 Å². The average molecular weight is 333 g/mol. The van der Waals surface area contributed by atoms with Crippen LogP contribution in [0.4, 0.5) is 0 Å². The summed E-state index contributed by atoms with van der Waals surface area (Å²) in [4.78, 5) is 23.6. The molecule has 1 heterocycles. The lowest BCUT2D eigenvalue weighted by atomic mass is 9.97. The van der Waals surface area contributed by atoms with Crippen LogP contribution in [0.1, 0.15) is 44.6 Å². The Hall–Kier alpha value is -1.88. The molecule has 124 valence electrons. The Morgan fingerprint density at radius 1 is 1.43 bits per heavy atom. The molecule has 1 aromatic rings. The molecule has 1 N–H and O–H groups in total. The van der Waals surface area contributed by atoms with Gasteiger partial charge in [-0.05, 0) is 67.5 Å². The van der Waals surface area contributed by atoms with Crippen LogP contribution in [-0.4, -0.2) is 24.5 Å². The van der Waals surface area contributed by atoms with Crippen LogP contribution in [0.5, 0.6) is 0 Å². The summed E-state index contributed by atoms with van der Waals surface area (Å²) in [5.74, 6) is -0.757. The van der Waals surface area contributed by atoms with Crippen molar-refractivity contribution in [2.75, 3.05) is 6.54 Å². The fraction of sp³-hybridized carbons (Fsp3) is 0.444. The van der Waals surface area contributed by atoms with Crippen molar-refractivity contribution in [3.8, 4) is 0 Å². The summed E-state index contributed by atoms with van der Waals surface area (Å²) in [6.07, 6.45) is 10.2. The van der Waals surface area contributed by atoms with Crippen LogP contribution in [0, 0.1) is 0 Å². The van der Waals surface area contributed by atoms with Gasteiger partial charge >= 0.3 is 5.97 Å². The SMILES string of the molecule is C[C@@H](OC(=O)/C=C/c1ccsc1)C(=O)NCCC1=CCCCC1. The van der Waals surface area contributed by atoms with E-state index in [1.807, 2.05) is 16.8 Å². The lowest BCUT2D eigenvalue weighted by Crippen LogP contribution is -2.36. The van der Waals surface area contributed by atoms with E-state index < -0.39 is 12.1 Å². The van der Waals surface area contributed by atoms with Crippen LogP contribution in [0.15, 0.2) is 34.6 Å². The largest absolute Gasteiger partial charge is 0.449 e. The van der Waals surface area contributed by atoms with Crippen molar-refractivity contribution in [1.82, 2.24) is 5.32 Å².